The maximum absolute atomic E-state index is 12.9. The van der Waals surface area contributed by atoms with Crippen molar-refractivity contribution >= 4 is 23.2 Å². The summed E-state index contributed by atoms with van der Waals surface area (Å²) < 4.78 is 1.93. The third-order valence-corrected chi connectivity index (χ3v) is 5.93. The molecule has 0 radical (unpaired) electrons. The van der Waals surface area contributed by atoms with Gasteiger partial charge in [-0.3, -0.25) is 14.2 Å². The average molecular weight is 398 g/mol. The summed E-state index contributed by atoms with van der Waals surface area (Å²) in [5, 5.41) is 15.5. The number of thiazole rings is 1. The number of carboxylic acids is 1. The van der Waals surface area contributed by atoms with Gasteiger partial charge in [0.05, 0.1) is 5.56 Å². The molecule has 0 saturated heterocycles. The molecule has 0 spiro atoms. The highest BCUT2D eigenvalue weighted by molar-refractivity contribution is 7.12. The Morgan fingerprint density at radius 3 is 2.54 bits per heavy atom. The molecule has 2 heterocycles. The summed E-state index contributed by atoms with van der Waals surface area (Å²) >= 11 is 1.49. The summed E-state index contributed by atoms with van der Waals surface area (Å²) in [5.41, 5.74) is 1.72. The second-order valence-electron chi connectivity index (χ2n) is 6.72. The van der Waals surface area contributed by atoms with Gasteiger partial charge in [-0.2, -0.15) is 0 Å². The molecule has 1 atom stereocenters. The minimum absolute atomic E-state index is 0.0165. The molecule has 3 rings (SSSR count). The minimum Gasteiger partial charge on any atom is -0.481 e. The number of rotatable bonds is 7. The van der Waals surface area contributed by atoms with E-state index in [1.54, 1.807) is 18.3 Å². The molecule has 0 aliphatic heterocycles. The zero-order valence-electron chi connectivity index (χ0n) is 16.1. The van der Waals surface area contributed by atoms with Gasteiger partial charge in [0.2, 0.25) is 0 Å². The van der Waals surface area contributed by atoms with Crippen LogP contribution < -0.4 is 5.32 Å². The third kappa shape index (κ3) is 3.45. The summed E-state index contributed by atoms with van der Waals surface area (Å²) in [6.07, 6.45) is 2.09. The number of hydrogen-bond acceptors (Lipinski definition) is 4. The van der Waals surface area contributed by atoms with Crippen LogP contribution in [-0.2, 0) is 10.2 Å². The van der Waals surface area contributed by atoms with Gasteiger partial charge in [-0.15, -0.1) is 11.3 Å². The Balaban J connectivity index is 1.87. The minimum atomic E-state index is -1.17. The summed E-state index contributed by atoms with van der Waals surface area (Å²) in [6.45, 7) is 5.62. The van der Waals surface area contributed by atoms with Crippen LogP contribution in [0.5, 0.6) is 0 Å². The van der Waals surface area contributed by atoms with Gasteiger partial charge in [-0.25, -0.2) is 4.98 Å². The van der Waals surface area contributed by atoms with E-state index in [2.05, 4.69) is 10.3 Å². The van der Waals surface area contributed by atoms with Crippen molar-refractivity contribution in [2.45, 2.75) is 32.6 Å². The van der Waals surface area contributed by atoms with Gasteiger partial charge in [0.1, 0.15) is 5.41 Å². The molecule has 3 aromatic rings. The zero-order valence-corrected chi connectivity index (χ0v) is 16.9. The standard InChI is InChI=1S/C21H23N3O3S/c1-4-21(19(26)27,16-8-6-5-7-9-16)13-23-18(25)17-12-14(2)24(15(17)3)20-22-10-11-28-20/h5-12H,4,13H2,1-3H3,(H,23,25)(H,26,27). The predicted molar refractivity (Wildman–Crippen MR) is 109 cm³/mol. The highest BCUT2D eigenvalue weighted by Crippen LogP contribution is 2.28. The van der Waals surface area contributed by atoms with E-state index in [1.807, 2.05) is 55.0 Å². The summed E-state index contributed by atoms with van der Waals surface area (Å²) in [4.78, 5) is 29.3. The van der Waals surface area contributed by atoms with Crippen LogP contribution in [0, 0.1) is 13.8 Å². The Labute approximate surface area is 167 Å². The van der Waals surface area contributed by atoms with Crippen molar-refractivity contribution in [3.63, 3.8) is 0 Å². The fraction of sp³-hybridized carbons (Fsp3) is 0.286. The van der Waals surface area contributed by atoms with Gasteiger partial charge in [0.15, 0.2) is 5.13 Å². The number of aromatic nitrogens is 2. The van der Waals surface area contributed by atoms with Crippen molar-refractivity contribution in [2.24, 2.45) is 0 Å². The predicted octanol–water partition coefficient (Wildman–Crippen LogP) is 3.71. The monoisotopic (exact) mass is 397 g/mol. The number of nitrogens with zero attached hydrogens (tertiary/aromatic N) is 2. The van der Waals surface area contributed by atoms with Crippen molar-refractivity contribution in [2.75, 3.05) is 6.54 Å². The van der Waals surface area contributed by atoms with Crippen LogP contribution in [0.15, 0.2) is 48.0 Å². The number of amides is 1. The smallest absolute Gasteiger partial charge is 0.315 e. The molecule has 2 aromatic heterocycles. The highest BCUT2D eigenvalue weighted by atomic mass is 32.1. The molecule has 0 saturated carbocycles. The van der Waals surface area contributed by atoms with Crippen LogP contribution in [-0.4, -0.2) is 33.1 Å². The summed E-state index contributed by atoms with van der Waals surface area (Å²) in [6, 6.07) is 10.9. The highest BCUT2D eigenvalue weighted by Gasteiger charge is 2.39. The fourth-order valence-electron chi connectivity index (χ4n) is 3.48. The number of nitrogens with one attached hydrogen (secondary N) is 1. The molecule has 146 valence electrons. The number of carbonyl (C=O) groups excluding carboxylic acids is 1. The maximum Gasteiger partial charge on any atom is 0.315 e. The lowest BCUT2D eigenvalue weighted by atomic mass is 9.78. The number of aryl methyl sites for hydroxylation is 1. The van der Waals surface area contributed by atoms with E-state index in [-0.39, 0.29) is 12.5 Å². The van der Waals surface area contributed by atoms with Gasteiger partial charge in [0.25, 0.3) is 5.91 Å². The SMILES string of the molecule is CCC(CNC(=O)c1cc(C)n(-c2nccs2)c1C)(C(=O)O)c1ccccc1. The molecular weight excluding hydrogens is 374 g/mol. The van der Waals surface area contributed by atoms with Crippen LogP contribution in [0.4, 0.5) is 0 Å². The van der Waals surface area contributed by atoms with Gasteiger partial charge >= 0.3 is 5.97 Å². The van der Waals surface area contributed by atoms with E-state index in [0.29, 0.717) is 17.5 Å². The van der Waals surface area contributed by atoms with E-state index in [0.717, 1.165) is 16.5 Å². The molecule has 0 aliphatic carbocycles. The number of aliphatic carboxylic acids is 1. The number of carboxylic acid groups (broad SMARTS) is 1. The number of carbonyl (C=O) groups is 2. The van der Waals surface area contributed by atoms with E-state index in [9.17, 15) is 14.7 Å². The Kier molecular flexibility index (Phi) is 5.65. The molecule has 0 fully saturated rings. The first-order valence-electron chi connectivity index (χ1n) is 9.06. The van der Waals surface area contributed by atoms with Crippen molar-refractivity contribution < 1.29 is 14.7 Å². The van der Waals surface area contributed by atoms with Crippen molar-refractivity contribution in [3.8, 4) is 5.13 Å². The third-order valence-electron chi connectivity index (χ3n) is 5.18. The van der Waals surface area contributed by atoms with Crippen molar-refractivity contribution in [1.29, 1.82) is 0 Å². The Hall–Kier alpha value is -2.93. The Morgan fingerprint density at radius 2 is 1.96 bits per heavy atom. The first-order chi connectivity index (χ1) is 13.4. The molecule has 0 bridgehead atoms. The fourth-order valence-corrected chi connectivity index (χ4v) is 4.23. The molecule has 1 unspecified atom stereocenters. The lowest BCUT2D eigenvalue weighted by Gasteiger charge is -2.29. The van der Waals surface area contributed by atoms with Gasteiger partial charge in [-0.1, -0.05) is 37.3 Å². The lowest BCUT2D eigenvalue weighted by Crippen LogP contribution is -2.46. The molecule has 0 aliphatic rings. The molecule has 1 amide bonds. The second-order valence-corrected chi connectivity index (χ2v) is 7.60. The van der Waals surface area contributed by atoms with E-state index >= 15 is 0 Å². The van der Waals surface area contributed by atoms with Crippen LogP contribution in [0.1, 0.15) is 40.7 Å². The van der Waals surface area contributed by atoms with Gasteiger partial charge < -0.3 is 10.4 Å². The van der Waals surface area contributed by atoms with E-state index in [4.69, 9.17) is 0 Å². The van der Waals surface area contributed by atoms with Crippen molar-refractivity contribution in [1.82, 2.24) is 14.9 Å². The zero-order chi connectivity index (χ0) is 20.3. The topological polar surface area (TPSA) is 84.2 Å². The van der Waals surface area contributed by atoms with Crippen LogP contribution in [0.3, 0.4) is 0 Å². The van der Waals surface area contributed by atoms with Gasteiger partial charge in [-0.05, 0) is 31.9 Å². The Morgan fingerprint density at radius 1 is 1.25 bits per heavy atom. The Bertz CT molecular complexity index is 980. The molecule has 1 aromatic carbocycles. The van der Waals surface area contributed by atoms with E-state index < -0.39 is 11.4 Å². The summed E-state index contributed by atoms with van der Waals surface area (Å²) in [7, 11) is 0. The number of benzene rings is 1. The number of hydrogen-bond donors (Lipinski definition) is 2. The first-order valence-corrected chi connectivity index (χ1v) is 9.94. The molecule has 7 heteroatoms. The molecular formula is C21H23N3O3S. The summed E-state index contributed by atoms with van der Waals surface area (Å²) in [5.74, 6) is -1.24. The van der Waals surface area contributed by atoms with Gasteiger partial charge in [0, 0.05) is 29.5 Å². The van der Waals surface area contributed by atoms with E-state index in [1.165, 1.54) is 11.3 Å². The quantitative estimate of drug-likeness (QED) is 0.636. The largest absolute Gasteiger partial charge is 0.481 e. The molecule has 2 N–H and O–H groups in total. The average Bonchev–Trinajstić information content (AvgIpc) is 3.30. The van der Waals surface area contributed by atoms with Crippen LogP contribution >= 0.6 is 11.3 Å². The molecule has 28 heavy (non-hydrogen) atoms. The molecule has 6 nitrogen and oxygen atoms in total. The normalized spacial score (nSPS) is 13.1. The maximum atomic E-state index is 12.9. The lowest BCUT2D eigenvalue weighted by molar-refractivity contribution is -0.143. The first kappa shape index (κ1) is 19.8. The van der Waals surface area contributed by atoms with Crippen molar-refractivity contribution in [3.05, 3.63) is 70.5 Å². The van der Waals surface area contributed by atoms with Crippen LogP contribution in [0.25, 0.3) is 5.13 Å². The van der Waals surface area contributed by atoms with Crippen LogP contribution in [0.2, 0.25) is 0 Å². The second kappa shape index (κ2) is 7.98.